The summed E-state index contributed by atoms with van der Waals surface area (Å²) in [7, 11) is -4.57. The first kappa shape index (κ1) is 42.0. The highest BCUT2D eigenvalue weighted by molar-refractivity contribution is 7.90. The number of hydrogen-bond donors (Lipinski definition) is 3. The van der Waals surface area contributed by atoms with Gasteiger partial charge in [0.2, 0.25) is 0 Å². The maximum Gasteiger partial charge on any atom is 0.293 e. The predicted octanol–water partition coefficient (Wildman–Crippen LogP) is 6.67. The van der Waals surface area contributed by atoms with Crippen molar-refractivity contribution < 1.29 is 32.4 Å². The van der Waals surface area contributed by atoms with Crippen molar-refractivity contribution in [2.24, 2.45) is 5.92 Å². The molecule has 3 aromatic carbocycles. The number of nitrogens with zero attached hydrogens (tertiary/aromatic N) is 5. The Kier molecular flexibility index (Phi) is 12.1. The van der Waals surface area contributed by atoms with Crippen LogP contribution in [0.4, 0.5) is 17.1 Å². The number of benzene rings is 3. The number of rotatable bonds is 13. The summed E-state index contributed by atoms with van der Waals surface area (Å²) < 4.78 is 41.2. The number of carbonyl (C=O) groups excluding carboxylic acids is 2. The number of thiophene rings is 1. The minimum Gasteiger partial charge on any atom is -0.455 e. The number of ether oxygens (including phenoxy) is 2. The minimum atomic E-state index is -4.57. The van der Waals surface area contributed by atoms with Crippen LogP contribution < -0.4 is 19.7 Å². The number of hydrogen-bond acceptors (Lipinski definition) is 13. The Bertz CT molecular complexity index is 2750. The average Bonchev–Trinajstić information content (AvgIpc) is 4.02. The van der Waals surface area contributed by atoms with Gasteiger partial charge < -0.3 is 29.6 Å². The second-order valence-corrected chi connectivity index (χ2v) is 18.5. The molecule has 3 aliphatic heterocycles. The van der Waals surface area contributed by atoms with Crippen molar-refractivity contribution in [3.63, 3.8) is 0 Å². The van der Waals surface area contributed by atoms with Gasteiger partial charge in [0, 0.05) is 99.9 Å². The fourth-order valence-electron chi connectivity index (χ4n) is 8.53. The molecule has 0 aliphatic carbocycles. The number of nitro groups is 1. The fourth-order valence-corrected chi connectivity index (χ4v) is 10.1. The summed E-state index contributed by atoms with van der Waals surface area (Å²) in [6, 6.07) is 22.3. The molecule has 0 unspecified atom stereocenters. The second kappa shape index (κ2) is 18.2. The van der Waals surface area contributed by atoms with Gasteiger partial charge in [-0.1, -0.05) is 24.3 Å². The molecule has 6 heterocycles. The Labute approximate surface area is 368 Å². The molecule has 2 saturated heterocycles. The van der Waals surface area contributed by atoms with E-state index < -0.39 is 31.4 Å². The molecule has 9 rings (SSSR count). The van der Waals surface area contributed by atoms with Gasteiger partial charge in [-0.25, -0.2) is 18.1 Å². The van der Waals surface area contributed by atoms with E-state index in [4.69, 9.17) is 9.47 Å². The highest BCUT2D eigenvalue weighted by atomic mass is 32.2. The van der Waals surface area contributed by atoms with E-state index in [-0.39, 0.29) is 34.9 Å². The molecule has 1 atom stereocenters. The third-order valence-corrected chi connectivity index (χ3v) is 14.0. The van der Waals surface area contributed by atoms with E-state index in [9.17, 15) is 28.1 Å². The molecule has 0 radical (unpaired) electrons. The lowest BCUT2D eigenvalue weighted by atomic mass is 9.93. The summed E-state index contributed by atoms with van der Waals surface area (Å²) in [4.78, 5) is 52.7. The number of nitro benzene ring substituents is 1. The van der Waals surface area contributed by atoms with Crippen molar-refractivity contribution in [3.05, 3.63) is 134 Å². The lowest BCUT2D eigenvalue weighted by Crippen LogP contribution is -2.54. The van der Waals surface area contributed by atoms with Crippen LogP contribution >= 0.6 is 11.3 Å². The van der Waals surface area contributed by atoms with Crippen molar-refractivity contribution in [1.82, 2.24) is 24.5 Å². The molecule has 3 aliphatic rings. The number of sulfonamides is 1. The monoisotopic (exact) mass is 890 g/mol. The first-order valence-corrected chi connectivity index (χ1v) is 23.3. The third kappa shape index (κ3) is 9.39. The number of carbonyl (C=O) groups is 2. The topological polar surface area (TPSA) is 192 Å². The second-order valence-electron chi connectivity index (χ2n) is 16.0. The summed E-state index contributed by atoms with van der Waals surface area (Å²) in [5.74, 6) is -0.242. The molecular weight excluding hydrogens is 845 g/mol. The smallest absolute Gasteiger partial charge is 0.293 e. The van der Waals surface area contributed by atoms with Gasteiger partial charge in [0.1, 0.15) is 22.8 Å². The third-order valence-electron chi connectivity index (χ3n) is 12.0. The van der Waals surface area contributed by atoms with E-state index in [0.29, 0.717) is 62.9 Å². The van der Waals surface area contributed by atoms with Crippen LogP contribution in [0.1, 0.15) is 44.7 Å². The van der Waals surface area contributed by atoms with Gasteiger partial charge in [0.15, 0.2) is 0 Å². The molecule has 3 aromatic heterocycles. The van der Waals surface area contributed by atoms with E-state index >= 15 is 0 Å². The summed E-state index contributed by atoms with van der Waals surface area (Å²) in [6.07, 6.45) is 5.66. The van der Waals surface area contributed by atoms with Crippen molar-refractivity contribution in [2.45, 2.75) is 36.7 Å². The van der Waals surface area contributed by atoms with Gasteiger partial charge >= 0.3 is 0 Å². The van der Waals surface area contributed by atoms with Gasteiger partial charge in [-0.15, -0.1) is 0 Å². The van der Waals surface area contributed by atoms with Crippen LogP contribution in [0.5, 0.6) is 11.5 Å². The largest absolute Gasteiger partial charge is 0.455 e. The zero-order chi connectivity index (χ0) is 43.5. The van der Waals surface area contributed by atoms with Crippen LogP contribution in [0.15, 0.2) is 107 Å². The van der Waals surface area contributed by atoms with Gasteiger partial charge in [-0.05, 0) is 84.2 Å². The maximum atomic E-state index is 13.9. The Morgan fingerprint density at radius 1 is 0.984 bits per heavy atom. The van der Waals surface area contributed by atoms with Crippen LogP contribution in [-0.2, 0) is 27.7 Å². The van der Waals surface area contributed by atoms with Gasteiger partial charge in [0.25, 0.3) is 27.5 Å². The number of anilines is 2. The summed E-state index contributed by atoms with van der Waals surface area (Å²) >= 11 is 1.51. The quantitative estimate of drug-likeness (QED) is 0.0826. The summed E-state index contributed by atoms with van der Waals surface area (Å²) in [5, 5.41) is 19.8. The number of aromatic nitrogens is 2. The first-order valence-electron chi connectivity index (χ1n) is 20.9. The number of pyridine rings is 1. The number of H-pyrrole nitrogens is 1. The van der Waals surface area contributed by atoms with Crippen LogP contribution in [0.25, 0.3) is 11.0 Å². The van der Waals surface area contributed by atoms with E-state index in [1.807, 2.05) is 39.9 Å². The van der Waals surface area contributed by atoms with Crippen molar-refractivity contribution in [2.75, 3.05) is 62.7 Å². The van der Waals surface area contributed by atoms with Gasteiger partial charge in [-0.2, -0.15) is 11.3 Å². The number of piperazine rings is 1. The zero-order valence-corrected chi connectivity index (χ0v) is 35.9. The Balaban J connectivity index is 0.920. The van der Waals surface area contributed by atoms with Crippen molar-refractivity contribution in [1.29, 1.82) is 0 Å². The molecule has 2 fully saturated rings. The number of nitrogens with one attached hydrogen (secondary N) is 3. The SMILES string of the molecule is O=C(NS(=O)(=O)c1ccc(NCC2CCOCC2)c([N+](=O)[O-])c1)c1ccc(N2CCN(C[C@H]3Cc4ccccc4CN3C(=O)c3ccsc3)CC2)cc1Oc1cnc2[nH]ccc2c1. The molecular formula is C45H46N8O8S2. The lowest BCUT2D eigenvalue weighted by molar-refractivity contribution is -0.384. The van der Waals surface area contributed by atoms with E-state index in [0.717, 1.165) is 49.5 Å². The van der Waals surface area contributed by atoms with Crippen LogP contribution in [0, 0.1) is 16.0 Å². The normalized spacial score (nSPS) is 17.3. The fraction of sp³-hybridized carbons (Fsp3) is 0.311. The van der Waals surface area contributed by atoms with Crippen LogP contribution in [-0.4, -0.2) is 103 Å². The van der Waals surface area contributed by atoms with Crippen molar-refractivity contribution >= 4 is 61.3 Å². The minimum absolute atomic E-state index is 0.00167. The van der Waals surface area contributed by atoms with Crippen LogP contribution in [0.3, 0.4) is 0 Å². The first-order chi connectivity index (χ1) is 30.6. The van der Waals surface area contributed by atoms with Crippen LogP contribution in [0.2, 0.25) is 0 Å². The molecule has 0 saturated carbocycles. The summed E-state index contributed by atoms with van der Waals surface area (Å²) in [6.45, 7) is 5.73. The van der Waals surface area contributed by atoms with Gasteiger partial charge in [-0.3, -0.25) is 24.6 Å². The molecule has 16 nitrogen and oxygen atoms in total. The standard InChI is InChI=1S/C45H46N8O8S2/c54-44(49-63(58,59)38-6-8-40(41(24-38)53(56)57)47-25-30-10-18-60-19-11-30)39-7-5-35(23-42(39)61-37-22-32-9-13-46-43(32)48-26-37)51-16-14-50(15-17-51)28-36-21-31-3-1-2-4-33(31)27-52(36)45(55)34-12-20-62-29-34/h1-9,12-13,20,22-24,26,29-30,36,47H,10-11,14-19,21,25,27-28H2,(H,46,48)(H,49,54)/t36-/m1/s1. The molecule has 2 amide bonds. The number of fused-ring (bicyclic) bond motifs is 2. The molecule has 63 heavy (non-hydrogen) atoms. The zero-order valence-electron chi connectivity index (χ0n) is 34.3. The van der Waals surface area contributed by atoms with Crippen molar-refractivity contribution in [3.8, 4) is 11.5 Å². The molecule has 18 heteroatoms. The maximum absolute atomic E-state index is 13.9. The highest BCUT2D eigenvalue weighted by Gasteiger charge is 2.33. The van der Waals surface area contributed by atoms with Gasteiger partial charge in [0.05, 0.1) is 27.1 Å². The number of aromatic amines is 1. The molecule has 0 spiro atoms. The Morgan fingerprint density at radius 3 is 2.57 bits per heavy atom. The molecule has 3 N–H and O–H groups in total. The summed E-state index contributed by atoms with van der Waals surface area (Å²) in [5.41, 5.74) is 4.25. The van der Waals surface area contributed by atoms with E-state index in [2.05, 4.69) is 41.9 Å². The lowest BCUT2D eigenvalue weighted by Gasteiger charge is -2.42. The predicted molar refractivity (Wildman–Crippen MR) is 239 cm³/mol. The molecule has 326 valence electrons. The number of amides is 2. The Morgan fingerprint density at radius 2 is 1.79 bits per heavy atom. The molecule has 0 bridgehead atoms. The van der Waals surface area contributed by atoms with E-state index in [1.54, 1.807) is 24.4 Å². The Hall–Kier alpha value is -6.34. The highest BCUT2D eigenvalue weighted by Crippen LogP contribution is 2.34. The average molecular weight is 891 g/mol. The van der Waals surface area contributed by atoms with E-state index in [1.165, 1.54) is 46.9 Å². The molecule has 6 aromatic rings.